The summed E-state index contributed by atoms with van der Waals surface area (Å²) in [5.74, 6) is 0. The molecule has 0 fully saturated rings. The Balaban J connectivity index is 2.25. The van der Waals surface area contributed by atoms with Crippen molar-refractivity contribution in [1.82, 2.24) is 14.8 Å². The van der Waals surface area contributed by atoms with Crippen LogP contribution in [0.1, 0.15) is 21.3 Å². The number of hydrogen-bond acceptors (Lipinski definition) is 4. The smallest absolute Gasteiger partial charge is 0.0900 e. The van der Waals surface area contributed by atoms with Gasteiger partial charge in [0.15, 0.2) is 0 Å². The molecule has 2 rings (SSSR count). The lowest BCUT2D eigenvalue weighted by Gasteiger charge is -1.98. The first-order valence-electron chi connectivity index (χ1n) is 4.78. The molecule has 0 radical (unpaired) electrons. The van der Waals surface area contributed by atoms with Crippen LogP contribution in [0, 0.1) is 20.8 Å². The number of nitrogens with zero attached hydrogens (tertiary/aromatic N) is 3. The minimum Gasteiger partial charge on any atom is -0.396 e. The molecule has 15 heavy (non-hydrogen) atoms. The summed E-state index contributed by atoms with van der Waals surface area (Å²) in [5, 5.41) is 5.42. The number of aromatic nitrogens is 3. The van der Waals surface area contributed by atoms with Crippen molar-refractivity contribution in [3.63, 3.8) is 0 Å². The van der Waals surface area contributed by atoms with E-state index in [0.29, 0.717) is 0 Å². The molecule has 0 spiro atoms. The quantitative estimate of drug-likeness (QED) is 0.844. The zero-order valence-corrected chi connectivity index (χ0v) is 9.93. The van der Waals surface area contributed by atoms with Gasteiger partial charge >= 0.3 is 0 Å². The summed E-state index contributed by atoms with van der Waals surface area (Å²) < 4.78 is 1.87. The molecule has 2 aromatic rings. The number of anilines is 1. The van der Waals surface area contributed by atoms with Crippen LogP contribution in [0.25, 0.3) is 0 Å². The van der Waals surface area contributed by atoms with Gasteiger partial charge in [0.05, 0.1) is 28.6 Å². The van der Waals surface area contributed by atoms with E-state index in [4.69, 9.17) is 5.73 Å². The van der Waals surface area contributed by atoms with Crippen molar-refractivity contribution in [3.8, 4) is 0 Å². The van der Waals surface area contributed by atoms with Crippen molar-refractivity contribution in [2.45, 2.75) is 27.3 Å². The first kappa shape index (κ1) is 10.2. The molecule has 2 N–H and O–H groups in total. The summed E-state index contributed by atoms with van der Waals surface area (Å²) in [4.78, 5) is 5.63. The first-order valence-corrected chi connectivity index (χ1v) is 5.60. The SMILES string of the molecule is Cc1nc(C)c(Cn2cc(N)c(C)n2)s1. The zero-order valence-electron chi connectivity index (χ0n) is 9.11. The molecule has 0 aromatic carbocycles. The third-order valence-corrected chi connectivity index (χ3v) is 3.35. The van der Waals surface area contributed by atoms with E-state index in [1.54, 1.807) is 11.3 Å². The minimum atomic E-state index is 0.744. The van der Waals surface area contributed by atoms with Crippen molar-refractivity contribution >= 4 is 17.0 Å². The van der Waals surface area contributed by atoms with Gasteiger partial charge in [0.1, 0.15) is 0 Å². The van der Waals surface area contributed by atoms with Gasteiger partial charge in [0.2, 0.25) is 0 Å². The van der Waals surface area contributed by atoms with Crippen LogP contribution in [0.2, 0.25) is 0 Å². The molecule has 0 amide bonds. The number of hydrogen-bond donors (Lipinski definition) is 1. The zero-order chi connectivity index (χ0) is 11.0. The second-order valence-electron chi connectivity index (χ2n) is 3.61. The lowest BCUT2D eigenvalue weighted by atomic mass is 10.4. The maximum atomic E-state index is 5.74. The lowest BCUT2D eigenvalue weighted by Crippen LogP contribution is -1.99. The normalized spacial score (nSPS) is 10.9. The second-order valence-corrected chi connectivity index (χ2v) is 4.90. The summed E-state index contributed by atoms with van der Waals surface area (Å²) in [7, 11) is 0. The monoisotopic (exact) mass is 222 g/mol. The van der Waals surface area contributed by atoms with Crippen LogP contribution in [0.3, 0.4) is 0 Å². The fourth-order valence-corrected chi connectivity index (χ4v) is 2.41. The lowest BCUT2D eigenvalue weighted by molar-refractivity contribution is 0.683. The summed E-state index contributed by atoms with van der Waals surface area (Å²) in [6, 6.07) is 0. The van der Waals surface area contributed by atoms with Gasteiger partial charge in [0, 0.05) is 11.1 Å². The van der Waals surface area contributed by atoms with Gasteiger partial charge in [-0.15, -0.1) is 11.3 Å². The molecular weight excluding hydrogens is 208 g/mol. The van der Waals surface area contributed by atoms with Crippen LogP contribution in [-0.2, 0) is 6.54 Å². The van der Waals surface area contributed by atoms with Crippen LogP contribution < -0.4 is 5.73 Å². The molecule has 80 valence electrons. The van der Waals surface area contributed by atoms with Crippen molar-refractivity contribution in [3.05, 3.63) is 27.5 Å². The third-order valence-electron chi connectivity index (χ3n) is 2.29. The minimum absolute atomic E-state index is 0.744. The molecular formula is C10H14N4S. The van der Waals surface area contributed by atoms with E-state index in [1.165, 1.54) is 4.88 Å². The third kappa shape index (κ3) is 2.02. The number of aryl methyl sites for hydroxylation is 3. The molecule has 0 aliphatic carbocycles. The Morgan fingerprint density at radius 3 is 2.53 bits per heavy atom. The standard InChI is InChI=1S/C10H14N4S/c1-6-9(11)4-14(13-6)5-10-7(2)12-8(3)15-10/h4H,5,11H2,1-3H3. The fourth-order valence-electron chi connectivity index (χ4n) is 1.48. The predicted molar refractivity (Wildman–Crippen MR) is 62.1 cm³/mol. The highest BCUT2D eigenvalue weighted by molar-refractivity contribution is 7.11. The van der Waals surface area contributed by atoms with Gasteiger partial charge in [0.25, 0.3) is 0 Å². The summed E-state index contributed by atoms with van der Waals surface area (Å²) >= 11 is 1.71. The van der Waals surface area contributed by atoms with Gasteiger partial charge in [-0.05, 0) is 20.8 Å². The Bertz CT molecular complexity index is 464. The molecule has 0 bridgehead atoms. The van der Waals surface area contributed by atoms with Crippen LogP contribution in [-0.4, -0.2) is 14.8 Å². The molecule has 0 saturated carbocycles. The average molecular weight is 222 g/mol. The number of nitrogen functional groups attached to an aromatic ring is 1. The van der Waals surface area contributed by atoms with Gasteiger partial charge in [-0.25, -0.2) is 4.98 Å². The Hall–Kier alpha value is -1.36. The summed E-state index contributed by atoms with van der Waals surface area (Å²) in [6.45, 7) is 6.72. The van der Waals surface area contributed by atoms with E-state index in [-0.39, 0.29) is 0 Å². The maximum absolute atomic E-state index is 5.74. The highest BCUT2D eigenvalue weighted by Gasteiger charge is 2.07. The second kappa shape index (κ2) is 3.66. The van der Waals surface area contributed by atoms with E-state index in [0.717, 1.165) is 28.6 Å². The Morgan fingerprint density at radius 1 is 1.33 bits per heavy atom. The van der Waals surface area contributed by atoms with E-state index in [2.05, 4.69) is 10.1 Å². The van der Waals surface area contributed by atoms with Gasteiger partial charge in [-0.3, -0.25) is 4.68 Å². The Labute approximate surface area is 92.8 Å². The Kier molecular flexibility index (Phi) is 2.48. The van der Waals surface area contributed by atoms with Crippen LogP contribution in [0.4, 0.5) is 5.69 Å². The molecule has 4 nitrogen and oxygen atoms in total. The first-order chi connectivity index (χ1) is 7.06. The molecule has 2 aromatic heterocycles. The molecule has 2 heterocycles. The van der Waals surface area contributed by atoms with Crippen molar-refractivity contribution in [2.75, 3.05) is 5.73 Å². The number of nitrogens with two attached hydrogens (primary N) is 1. The highest BCUT2D eigenvalue weighted by atomic mass is 32.1. The van der Waals surface area contributed by atoms with Crippen LogP contribution in [0.5, 0.6) is 0 Å². The van der Waals surface area contributed by atoms with Crippen molar-refractivity contribution in [2.24, 2.45) is 0 Å². The molecule has 5 heteroatoms. The van der Waals surface area contributed by atoms with Gasteiger partial charge in [-0.2, -0.15) is 5.10 Å². The van der Waals surface area contributed by atoms with Crippen molar-refractivity contribution < 1.29 is 0 Å². The topological polar surface area (TPSA) is 56.7 Å². The molecule has 0 aliphatic heterocycles. The highest BCUT2D eigenvalue weighted by Crippen LogP contribution is 2.19. The van der Waals surface area contributed by atoms with Gasteiger partial charge < -0.3 is 5.73 Å². The molecule has 0 atom stereocenters. The largest absolute Gasteiger partial charge is 0.396 e. The summed E-state index contributed by atoms with van der Waals surface area (Å²) in [6.07, 6.45) is 1.86. The van der Waals surface area contributed by atoms with E-state index < -0.39 is 0 Å². The number of rotatable bonds is 2. The number of thiazole rings is 1. The molecule has 0 saturated heterocycles. The summed E-state index contributed by atoms with van der Waals surface area (Å²) in [5.41, 5.74) is 8.46. The van der Waals surface area contributed by atoms with E-state index in [9.17, 15) is 0 Å². The van der Waals surface area contributed by atoms with Gasteiger partial charge in [-0.1, -0.05) is 0 Å². The Morgan fingerprint density at radius 2 is 2.07 bits per heavy atom. The maximum Gasteiger partial charge on any atom is 0.0900 e. The van der Waals surface area contributed by atoms with E-state index in [1.807, 2.05) is 31.6 Å². The fraction of sp³-hybridized carbons (Fsp3) is 0.400. The van der Waals surface area contributed by atoms with Crippen molar-refractivity contribution in [1.29, 1.82) is 0 Å². The van der Waals surface area contributed by atoms with Crippen LogP contribution in [0.15, 0.2) is 6.20 Å². The average Bonchev–Trinajstić information content (AvgIpc) is 2.59. The van der Waals surface area contributed by atoms with E-state index >= 15 is 0 Å². The molecule has 0 unspecified atom stereocenters. The van der Waals surface area contributed by atoms with Crippen LogP contribution >= 0.6 is 11.3 Å². The predicted octanol–water partition coefficient (Wildman–Crippen LogP) is 1.90. The molecule has 0 aliphatic rings.